The summed E-state index contributed by atoms with van der Waals surface area (Å²) in [5, 5.41) is 11.2. The standard InChI is InChI=1S/C28H32O9/c1-16(29)34-24-10-8-20(14-26(24)36-18(3)31)12-22-6-5-7-23(28(22)33)13-21-9-11-25(35-17(2)30)27(15-21)37-19(4)32/h8-11,14-15,22-23,28,33H,5-7,12-13H2,1-4H3. The summed E-state index contributed by atoms with van der Waals surface area (Å²) in [6.45, 7) is 5.07. The van der Waals surface area contributed by atoms with Crippen LogP contribution in [0.4, 0.5) is 0 Å². The minimum absolute atomic E-state index is 0.0308. The lowest BCUT2D eigenvalue weighted by molar-refractivity contribution is -0.134. The summed E-state index contributed by atoms with van der Waals surface area (Å²) in [7, 11) is 0. The molecule has 2 aromatic carbocycles. The molecule has 2 unspecified atom stereocenters. The molecule has 37 heavy (non-hydrogen) atoms. The summed E-state index contributed by atoms with van der Waals surface area (Å²) in [5.74, 6) is -1.53. The molecule has 1 N–H and O–H groups in total. The monoisotopic (exact) mass is 512 g/mol. The highest BCUT2D eigenvalue weighted by molar-refractivity contribution is 5.74. The zero-order chi connectivity index (χ0) is 27.1. The molecule has 0 aliphatic heterocycles. The second kappa shape index (κ2) is 12.5. The lowest BCUT2D eigenvalue weighted by Crippen LogP contribution is -2.35. The van der Waals surface area contributed by atoms with Gasteiger partial charge in [0.25, 0.3) is 0 Å². The zero-order valence-electron chi connectivity index (χ0n) is 21.4. The van der Waals surface area contributed by atoms with Crippen molar-refractivity contribution in [2.75, 3.05) is 0 Å². The van der Waals surface area contributed by atoms with Crippen molar-refractivity contribution in [2.24, 2.45) is 11.8 Å². The zero-order valence-corrected chi connectivity index (χ0v) is 21.4. The number of aliphatic hydroxyl groups is 1. The molecular formula is C28H32O9. The molecule has 2 atom stereocenters. The molecule has 1 saturated carbocycles. The molecule has 1 fully saturated rings. The van der Waals surface area contributed by atoms with Gasteiger partial charge in [0.1, 0.15) is 0 Å². The van der Waals surface area contributed by atoms with Gasteiger partial charge in [-0.1, -0.05) is 18.6 Å². The first kappa shape index (κ1) is 27.9. The van der Waals surface area contributed by atoms with Gasteiger partial charge < -0.3 is 24.1 Å². The van der Waals surface area contributed by atoms with E-state index in [1.54, 1.807) is 36.4 Å². The third kappa shape index (κ3) is 8.15. The number of carbonyl (C=O) groups is 4. The predicted molar refractivity (Wildman–Crippen MR) is 132 cm³/mol. The van der Waals surface area contributed by atoms with Crippen molar-refractivity contribution < 1.29 is 43.2 Å². The maximum absolute atomic E-state index is 11.5. The van der Waals surface area contributed by atoms with Crippen LogP contribution in [0.15, 0.2) is 36.4 Å². The van der Waals surface area contributed by atoms with E-state index in [1.165, 1.54) is 27.7 Å². The highest BCUT2D eigenvalue weighted by Gasteiger charge is 2.32. The van der Waals surface area contributed by atoms with Crippen LogP contribution in [0.25, 0.3) is 0 Å². The number of hydrogen-bond acceptors (Lipinski definition) is 9. The van der Waals surface area contributed by atoms with Crippen molar-refractivity contribution in [3.05, 3.63) is 47.5 Å². The minimum Gasteiger partial charge on any atom is -0.423 e. The Balaban J connectivity index is 1.75. The highest BCUT2D eigenvalue weighted by atomic mass is 16.6. The average Bonchev–Trinajstić information content (AvgIpc) is 2.78. The summed E-state index contributed by atoms with van der Waals surface area (Å²) in [6, 6.07) is 10.1. The first-order valence-electron chi connectivity index (χ1n) is 12.2. The third-order valence-electron chi connectivity index (χ3n) is 6.14. The lowest BCUT2D eigenvalue weighted by Gasteiger charge is -2.35. The molecule has 1 aliphatic carbocycles. The van der Waals surface area contributed by atoms with Crippen LogP contribution in [0.1, 0.15) is 58.1 Å². The van der Waals surface area contributed by atoms with Crippen LogP contribution >= 0.6 is 0 Å². The molecule has 0 spiro atoms. The molecule has 2 aromatic rings. The van der Waals surface area contributed by atoms with Crippen molar-refractivity contribution >= 4 is 23.9 Å². The van der Waals surface area contributed by atoms with Crippen molar-refractivity contribution in [3.8, 4) is 23.0 Å². The van der Waals surface area contributed by atoms with E-state index in [1.807, 2.05) is 0 Å². The van der Waals surface area contributed by atoms with Crippen molar-refractivity contribution in [1.29, 1.82) is 0 Å². The molecule has 198 valence electrons. The summed E-state index contributed by atoms with van der Waals surface area (Å²) in [6.07, 6.45) is 3.10. The van der Waals surface area contributed by atoms with Gasteiger partial charge in [0.15, 0.2) is 23.0 Å². The van der Waals surface area contributed by atoms with Crippen LogP contribution in [-0.2, 0) is 32.0 Å². The Hall–Kier alpha value is -3.72. The van der Waals surface area contributed by atoms with E-state index < -0.39 is 30.0 Å². The summed E-state index contributed by atoms with van der Waals surface area (Å²) in [4.78, 5) is 45.8. The molecule has 0 heterocycles. The molecule has 9 heteroatoms. The molecule has 3 rings (SSSR count). The van der Waals surface area contributed by atoms with Gasteiger partial charge in [0.05, 0.1) is 6.10 Å². The smallest absolute Gasteiger partial charge is 0.308 e. The van der Waals surface area contributed by atoms with E-state index in [0.717, 1.165) is 30.4 Å². The molecule has 0 radical (unpaired) electrons. The van der Waals surface area contributed by atoms with Gasteiger partial charge in [-0.05, 0) is 72.9 Å². The number of aliphatic hydroxyl groups excluding tert-OH is 1. The van der Waals surface area contributed by atoms with Gasteiger partial charge in [0.2, 0.25) is 0 Å². The number of carbonyl (C=O) groups excluding carboxylic acids is 4. The first-order valence-corrected chi connectivity index (χ1v) is 12.2. The molecular weight excluding hydrogens is 480 g/mol. The van der Waals surface area contributed by atoms with Gasteiger partial charge in [0, 0.05) is 27.7 Å². The summed E-state index contributed by atoms with van der Waals surface area (Å²) in [5.41, 5.74) is 1.69. The van der Waals surface area contributed by atoms with E-state index in [2.05, 4.69) is 0 Å². The Labute approximate surface area is 215 Å². The van der Waals surface area contributed by atoms with Gasteiger partial charge in [-0.25, -0.2) is 0 Å². The average molecular weight is 513 g/mol. The molecule has 0 amide bonds. The van der Waals surface area contributed by atoms with Crippen LogP contribution < -0.4 is 18.9 Å². The van der Waals surface area contributed by atoms with Gasteiger partial charge in [-0.2, -0.15) is 0 Å². The normalized spacial score (nSPS) is 19.0. The van der Waals surface area contributed by atoms with E-state index >= 15 is 0 Å². The fraction of sp³-hybridized carbons (Fsp3) is 0.429. The molecule has 1 aliphatic rings. The SMILES string of the molecule is CC(=O)Oc1ccc(CC2CCCC(Cc3ccc(OC(C)=O)c(OC(C)=O)c3)C2O)cc1OC(C)=O. The quantitative estimate of drug-likeness (QED) is 0.413. The van der Waals surface area contributed by atoms with Crippen molar-refractivity contribution in [3.63, 3.8) is 0 Å². The molecule has 0 aromatic heterocycles. The fourth-order valence-electron chi connectivity index (χ4n) is 4.73. The number of esters is 4. The lowest BCUT2D eigenvalue weighted by atomic mass is 9.74. The number of hydrogen-bond donors (Lipinski definition) is 1. The Morgan fingerprint density at radius 2 is 1.00 bits per heavy atom. The van der Waals surface area contributed by atoms with Gasteiger partial charge in [-0.15, -0.1) is 0 Å². The Morgan fingerprint density at radius 1 is 0.649 bits per heavy atom. The number of rotatable bonds is 8. The maximum atomic E-state index is 11.5. The Morgan fingerprint density at radius 3 is 1.35 bits per heavy atom. The fourth-order valence-corrected chi connectivity index (χ4v) is 4.73. The van der Waals surface area contributed by atoms with Crippen LogP contribution in [0, 0.1) is 11.8 Å². The number of benzene rings is 2. The summed E-state index contributed by atoms with van der Waals surface area (Å²) >= 11 is 0. The van der Waals surface area contributed by atoms with Gasteiger partial charge in [-0.3, -0.25) is 19.2 Å². The highest BCUT2D eigenvalue weighted by Crippen LogP contribution is 2.37. The molecule has 9 nitrogen and oxygen atoms in total. The van der Waals surface area contributed by atoms with E-state index in [0.29, 0.717) is 12.8 Å². The first-order chi connectivity index (χ1) is 17.5. The van der Waals surface area contributed by atoms with E-state index in [-0.39, 0.29) is 34.8 Å². The largest absolute Gasteiger partial charge is 0.423 e. The predicted octanol–water partition coefficient (Wildman–Crippen LogP) is 3.95. The van der Waals surface area contributed by atoms with Crippen LogP contribution in [-0.4, -0.2) is 35.1 Å². The third-order valence-corrected chi connectivity index (χ3v) is 6.14. The molecule has 0 bridgehead atoms. The van der Waals surface area contributed by atoms with Crippen molar-refractivity contribution in [1.82, 2.24) is 0 Å². The number of ether oxygens (including phenoxy) is 4. The minimum atomic E-state index is -0.593. The second-order valence-corrected chi connectivity index (χ2v) is 9.29. The topological polar surface area (TPSA) is 125 Å². The van der Waals surface area contributed by atoms with Crippen LogP contribution in [0.3, 0.4) is 0 Å². The van der Waals surface area contributed by atoms with E-state index in [4.69, 9.17) is 18.9 Å². The second-order valence-electron chi connectivity index (χ2n) is 9.29. The van der Waals surface area contributed by atoms with Crippen LogP contribution in [0.5, 0.6) is 23.0 Å². The van der Waals surface area contributed by atoms with E-state index in [9.17, 15) is 24.3 Å². The Kier molecular flexibility index (Phi) is 9.41. The Bertz CT molecular complexity index is 1080. The van der Waals surface area contributed by atoms with Crippen LogP contribution in [0.2, 0.25) is 0 Å². The summed E-state index contributed by atoms with van der Waals surface area (Å²) < 4.78 is 20.7. The van der Waals surface area contributed by atoms with Crippen molar-refractivity contribution in [2.45, 2.75) is 65.9 Å². The molecule has 0 saturated heterocycles. The maximum Gasteiger partial charge on any atom is 0.308 e. The van der Waals surface area contributed by atoms with Gasteiger partial charge >= 0.3 is 23.9 Å².